The molecule has 1 aliphatic heterocycles. The Morgan fingerprint density at radius 2 is 1.83 bits per heavy atom. The van der Waals surface area contributed by atoms with Crippen molar-refractivity contribution in [2.45, 2.75) is 11.9 Å². The fourth-order valence-electron chi connectivity index (χ4n) is 2.84. The van der Waals surface area contributed by atoms with E-state index in [0.717, 1.165) is 10.0 Å². The highest BCUT2D eigenvalue weighted by Crippen LogP contribution is 2.46. The highest BCUT2D eigenvalue weighted by molar-refractivity contribution is 9.10. The number of oxime groups is 1. The number of ether oxygens (including phenoxy) is 3. The lowest BCUT2D eigenvalue weighted by atomic mass is 9.89. The Balaban J connectivity index is 2.23. The molecule has 0 amide bonds. The number of nitrogens with zero attached hydrogens (tertiary/aromatic N) is 1. The van der Waals surface area contributed by atoms with Gasteiger partial charge in [-0.05, 0) is 23.8 Å². The molecule has 3 rings (SSSR count). The Hall–Kier alpha value is -1.89. The molecule has 0 unspecified atom stereocenters. The second-order valence-electron chi connectivity index (χ2n) is 5.06. The van der Waals surface area contributed by atoms with Gasteiger partial charge in [0.15, 0.2) is 11.8 Å². The first-order chi connectivity index (χ1) is 11.2. The van der Waals surface area contributed by atoms with E-state index in [2.05, 4.69) is 21.1 Å². The number of halogens is 1. The molecule has 5 nitrogen and oxygen atoms in total. The molecule has 1 aliphatic rings. The van der Waals surface area contributed by atoms with Gasteiger partial charge in [0.05, 0.1) is 5.56 Å². The van der Waals surface area contributed by atoms with Crippen molar-refractivity contribution in [3.63, 3.8) is 0 Å². The van der Waals surface area contributed by atoms with E-state index in [1.54, 1.807) is 0 Å². The number of fused-ring (bicyclic) bond motifs is 1. The standard InChI is InChI=1S/C17H16BrNO4/c1-21-17(22-2)13-10-12(18)8-9-14(13)23-15(16(17)19-20)11-6-4-3-5-7-11/h3-10,15,20H,1-2H3/t15-/m1/s1. The number of hydrogen-bond donors (Lipinski definition) is 1. The van der Waals surface area contributed by atoms with Crippen LogP contribution in [0, 0.1) is 0 Å². The first kappa shape index (κ1) is 16.0. The molecule has 0 saturated heterocycles. The fourth-order valence-corrected chi connectivity index (χ4v) is 3.20. The molecule has 0 bridgehead atoms. The molecule has 0 fully saturated rings. The van der Waals surface area contributed by atoms with Crippen molar-refractivity contribution in [3.8, 4) is 5.75 Å². The highest BCUT2D eigenvalue weighted by atomic mass is 79.9. The number of hydrogen-bond acceptors (Lipinski definition) is 5. The van der Waals surface area contributed by atoms with Gasteiger partial charge in [-0.2, -0.15) is 0 Å². The lowest BCUT2D eigenvalue weighted by Crippen LogP contribution is -2.47. The van der Waals surface area contributed by atoms with Crippen LogP contribution in [-0.4, -0.2) is 25.1 Å². The number of rotatable bonds is 3. The second kappa shape index (κ2) is 6.31. The summed E-state index contributed by atoms with van der Waals surface area (Å²) in [6.45, 7) is 0. The smallest absolute Gasteiger partial charge is 0.246 e. The minimum absolute atomic E-state index is 0.235. The van der Waals surface area contributed by atoms with Crippen molar-refractivity contribution in [1.29, 1.82) is 0 Å². The summed E-state index contributed by atoms with van der Waals surface area (Å²) in [7, 11) is 3.01. The van der Waals surface area contributed by atoms with Crippen LogP contribution in [0.15, 0.2) is 58.2 Å². The maximum absolute atomic E-state index is 9.65. The van der Waals surface area contributed by atoms with Crippen LogP contribution in [-0.2, 0) is 15.3 Å². The van der Waals surface area contributed by atoms with Crippen molar-refractivity contribution >= 4 is 21.6 Å². The maximum atomic E-state index is 9.65. The summed E-state index contributed by atoms with van der Waals surface area (Å²) in [5.41, 5.74) is 1.71. The van der Waals surface area contributed by atoms with Gasteiger partial charge in [-0.15, -0.1) is 0 Å². The molecule has 2 aromatic rings. The topological polar surface area (TPSA) is 60.3 Å². The van der Waals surface area contributed by atoms with E-state index in [1.807, 2.05) is 48.5 Å². The average Bonchev–Trinajstić information content (AvgIpc) is 2.61. The molecule has 1 atom stereocenters. The van der Waals surface area contributed by atoms with Crippen LogP contribution in [0.3, 0.4) is 0 Å². The molecular weight excluding hydrogens is 362 g/mol. The minimum Gasteiger partial charge on any atom is -0.479 e. The molecule has 1 heterocycles. The van der Waals surface area contributed by atoms with Gasteiger partial charge >= 0.3 is 0 Å². The molecule has 0 aliphatic carbocycles. The second-order valence-corrected chi connectivity index (χ2v) is 5.97. The van der Waals surface area contributed by atoms with Gasteiger partial charge in [0.2, 0.25) is 5.79 Å². The van der Waals surface area contributed by atoms with E-state index in [0.29, 0.717) is 11.3 Å². The predicted octanol–water partition coefficient (Wildman–Crippen LogP) is 3.86. The lowest BCUT2D eigenvalue weighted by molar-refractivity contribution is -0.172. The third-order valence-corrected chi connectivity index (χ3v) is 4.40. The van der Waals surface area contributed by atoms with E-state index in [4.69, 9.17) is 14.2 Å². The van der Waals surface area contributed by atoms with Gasteiger partial charge in [0.1, 0.15) is 5.75 Å². The van der Waals surface area contributed by atoms with Crippen LogP contribution in [0.2, 0.25) is 0 Å². The Morgan fingerprint density at radius 1 is 1.13 bits per heavy atom. The van der Waals surface area contributed by atoms with Gasteiger partial charge in [-0.3, -0.25) is 0 Å². The molecule has 0 aromatic heterocycles. The Bertz CT molecular complexity index is 729. The zero-order valence-electron chi connectivity index (χ0n) is 12.7. The van der Waals surface area contributed by atoms with E-state index in [1.165, 1.54) is 14.2 Å². The van der Waals surface area contributed by atoms with E-state index in [9.17, 15) is 5.21 Å². The summed E-state index contributed by atoms with van der Waals surface area (Å²) in [5.74, 6) is -0.717. The van der Waals surface area contributed by atoms with Gasteiger partial charge in [-0.1, -0.05) is 51.4 Å². The van der Waals surface area contributed by atoms with Crippen LogP contribution in [0.25, 0.3) is 0 Å². The Morgan fingerprint density at radius 3 is 2.43 bits per heavy atom. The zero-order chi connectivity index (χ0) is 16.4. The Labute approximate surface area is 142 Å². The van der Waals surface area contributed by atoms with Gasteiger partial charge < -0.3 is 19.4 Å². The first-order valence-corrected chi connectivity index (χ1v) is 7.80. The van der Waals surface area contributed by atoms with Crippen molar-refractivity contribution in [3.05, 3.63) is 64.1 Å². The molecule has 0 radical (unpaired) electrons. The molecule has 6 heteroatoms. The lowest BCUT2D eigenvalue weighted by Gasteiger charge is -2.40. The van der Waals surface area contributed by atoms with Crippen molar-refractivity contribution in [2.75, 3.05) is 14.2 Å². The summed E-state index contributed by atoms with van der Waals surface area (Å²) in [6, 6.07) is 15.0. The quantitative estimate of drug-likeness (QED) is 0.501. The Kier molecular flexibility index (Phi) is 4.39. The predicted molar refractivity (Wildman–Crippen MR) is 88.9 cm³/mol. The zero-order valence-corrected chi connectivity index (χ0v) is 14.3. The van der Waals surface area contributed by atoms with Gasteiger partial charge in [-0.25, -0.2) is 0 Å². The van der Waals surface area contributed by atoms with Crippen molar-refractivity contribution in [2.24, 2.45) is 5.16 Å². The average molecular weight is 378 g/mol. The number of methoxy groups -OCH3 is 2. The van der Waals surface area contributed by atoms with Crippen molar-refractivity contribution < 1.29 is 19.4 Å². The molecular formula is C17H16BrNO4. The van der Waals surface area contributed by atoms with Crippen LogP contribution < -0.4 is 4.74 Å². The molecule has 120 valence electrons. The molecule has 23 heavy (non-hydrogen) atoms. The van der Waals surface area contributed by atoms with Gasteiger partial charge in [0.25, 0.3) is 0 Å². The van der Waals surface area contributed by atoms with Crippen LogP contribution in [0.5, 0.6) is 5.75 Å². The van der Waals surface area contributed by atoms with Crippen LogP contribution in [0.1, 0.15) is 17.2 Å². The molecule has 0 spiro atoms. The van der Waals surface area contributed by atoms with E-state index >= 15 is 0 Å². The minimum atomic E-state index is -1.33. The van der Waals surface area contributed by atoms with Gasteiger partial charge in [0, 0.05) is 18.7 Å². The van der Waals surface area contributed by atoms with Crippen LogP contribution in [0.4, 0.5) is 0 Å². The van der Waals surface area contributed by atoms with E-state index in [-0.39, 0.29) is 5.71 Å². The third-order valence-electron chi connectivity index (χ3n) is 3.91. The highest BCUT2D eigenvalue weighted by Gasteiger charge is 2.50. The molecule has 1 N–H and O–H groups in total. The summed E-state index contributed by atoms with van der Waals surface area (Å²) in [5, 5.41) is 13.1. The van der Waals surface area contributed by atoms with Crippen molar-refractivity contribution in [1.82, 2.24) is 0 Å². The summed E-state index contributed by atoms with van der Waals surface area (Å²) in [4.78, 5) is 0. The van der Waals surface area contributed by atoms with Crippen LogP contribution >= 0.6 is 15.9 Å². The molecule has 0 saturated carbocycles. The number of benzene rings is 2. The van der Waals surface area contributed by atoms with E-state index < -0.39 is 11.9 Å². The summed E-state index contributed by atoms with van der Waals surface area (Å²) in [6.07, 6.45) is -0.616. The maximum Gasteiger partial charge on any atom is 0.246 e. The first-order valence-electron chi connectivity index (χ1n) is 7.00. The fraction of sp³-hybridized carbons (Fsp3) is 0.235. The normalized spacial score (nSPS) is 20.8. The molecule has 2 aromatic carbocycles. The summed E-state index contributed by atoms with van der Waals surface area (Å²) < 4.78 is 18.2. The summed E-state index contributed by atoms with van der Waals surface area (Å²) >= 11 is 3.43. The third kappa shape index (κ3) is 2.52. The SMILES string of the molecule is COC1(OC)C(=NO)[C@@H](c2ccccc2)Oc2ccc(Br)cc21. The monoisotopic (exact) mass is 377 g/mol. The largest absolute Gasteiger partial charge is 0.479 e.